The molecule has 4 rings (SSSR count). The molecule has 2 aliphatic heterocycles. The lowest BCUT2D eigenvalue weighted by Crippen LogP contribution is -2.54. The molecular weight excluding hydrogens is 334 g/mol. The lowest BCUT2D eigenvalue weighted by atomic mass is 9.73. The van der Waals surface area contributed by atoms with Crippen LogP contribution in [-0.4, -0.2) is 65.0 Å². The van der Waals surface area contributed by atoms with Crippen LogP contribution >= 0.6 is 0 Å². The third-order valence-electron chi connectivity index (χ3n) is 5.92. The molecule has 1 aromatic rings. The van der Waals surface area contributed by atoms with Crippen molar-refractivity contribution >= 4 is 11.8 Å². The summed E-state index contributed by atoms with van der Waals surface area (Å²) in [4.78, 5) is 32.5. The van der Waals surface area contributed by atoms with Crippen LogP contribution in [-0.2, 0) is 11.3 Å². The van der Waals surface area contributed by atoms with Crippen molar-refractivity contribution in [3.8, 4) is 0 Å². The van der Waals surface area contributed by atoms with Gasteiger partial charge in [0.15, 0.2) is 0 Å². The van der Waals surface area contributed by atoms with E-state index in [4.69, 9.17) is 4.52 Å². The Morgan fingerprint density at radius 2 is 2.19 bits per heavy atom. The summed E-state index contributed by atoms with van der Waals surface area (Å²) in [5, 5.41) is 6.24. The van der Waals surface area contributed by atoms with E-state index < -0.39 is 0 Å². The molecule has 3 fully saturated rings. The highest BCUT2D eigenvalue weighted by atomic mass is 16.5. The quantitative estimate of drug-likeness (QED) is 0.843. The van der Waals surface area contributed by atoms with Crippen LogP contribution in [0.25, 0.3) is 0 Å². The van der Waals surface area contributed by atoms with Crippen molar-refractivity contribution in [2.45, 2.75) is 45.1 Å². The van der Waals surface area contributed by atoms with Crippen molar-refractivity contribution in [3.05, 3.63) is 11.7 Å². The van der Waals surface area contributed by atoms with Gasteiger partial charge in [-0.05, 0) is 44.6 Å². The van der Waals surface area contributed by atoms with Gasteiger partial charge in [-0.3, -0.25) is 14.5 Å². The van der Waals surface area contributed by atoms with E-state index >= 15 is 0 Å². The van der Waals surface area contributed by atoms with Crippen molar-refractivity contribution in [2.24, 2.45) is 11.3 Å². The number of carbonyl (C=O) groups is 2. The van der Waals surface area contributed by atoms with Crippen molar-refractivity contribution in [3.63, 3.8) is 0 Å². The fraction of sp³-hybridized carbons (Fsp3) is 0.778. The second-order valence-corrected chi connectivity index (χ2v) is 8.12. The molecule has 0 radical (unpaired) electrons. The van der Waals surface area contributed by atoms with Gasteiger partial charge >= 0.3 is 0 Å². The molecule has 1 aromatic heterocycles. The van der Waals surface area contributed by atoms with Gasteiger partial charge in [0.25, 0.3) is 11.7 Å². The molecule has 3 heterocycles. The first-order chi connectivity index (χ1) is 12.6. The lowest BCUT2D eigenvalue weighted by molar-refractivity contribution is -0.139. The first-order valence-corrected chi connectivity index (χ1v) is 9.62. The molecule has 1 N–H and O–H groups in total. The van der Waals surface area contributed by atoms with Gasteiger partial charge in [-0.2, -0.15) is 4.98 Å². The molecule has 26 heavy (non-hydrogen) atoms. The molecule has 142 valence electrons. The number of aromatic nitrogens is 2. The Kier molecular flexibility index (Phi) is 4.69. The smallest absolute Gasteiger partial charge is 0.292 e. The molecule has 3 aliphatic rings. The van der Waals surface area contributed by atoms with Gasteiger partial charge in [-0.25, -0.2) is 0 Å². The number of rotatable bonds is 5. The minimum absolute atomic E-state index is 0.0769. The van der Waals surface area contributed by atoms with Crippen molar-refractivity contribution in [1.82, 2.24) is 25.3 Å². The summed E-state index contributed by atoms with van der Waals surface area (Å²) >= 11 is 0. The molecule has 2 amide bonds. The first-order valence-electron chi connectivity index (χ1n) is 9.62. The van der Waals surface area contributed by atoms with E-state index in [1.54, 1.807) is 7.05 Å². The Labute approximate surface area is 153 Å². The fourth-order valence-corrected chi connectivity index (χ4v) is 4.37. The highest BCUT2D eigenvalue weighted by Gasteiger charge is 2.43. The highest BCUT2D eigenvalue weighted by Crippen LogP contribution is 2.40. The van der Waals surface area contributed by atoms with Gasteiger partial charge in [0.2, 0.25) is 11.8 Å². The normalized spacial score (nSPS) is 27.1. The number of nitrogens with zero attached hydrogens (tertiary/aromatic N) is 4. The number of amides is 2. The van der Waals surface area contributed by atoms with Gasteiger partial charge in [0.1, 0.15) is 0 Å². The third kappa shape index (κ3) is 3.75. The second kappa shape index (κ2) is 6.98. The second-order valence-electron chi connectivity index (χ2n) is 8.12. The Bertz CT molecular complexity index is 686. The van der Waals surface area contributed by atoms with E-state index in [1.807, 2.05) is 0 Å². The van der Waals surface area contributed by atoms with Crippen LogP contribution in [0.2, 0.25) is 0 Å². The van der Waals surface area contributed by atoms with Crippen LogP contribution in [0.1, 0.15) is 55.0 Å². The fourth-order valence-electron chi connectivity index (χ4n) is 4.37. The standard InChI is InChI=1S/C18H27N5O3/c1-19-17(25)16-20-14(26-21-16)10-22-8-2-6-18(11-22)7-5-15(24)23(12-18)9-13-3-4-13/h13H,2-12H2,1H3,(H,19,25)/t18-/m1/s1. The van der Waals surface area contributed by atoms with E-state index in [1.165, 1.54) is 19.3 Å². The van der Waals surface area contributed by atoms with Gasteiger partial charge in [-0.15, -0.1) is 0 Å². The van der Waals surface area contributed by atoms with E-state index in [-0.39, 0.29) is 17.1 Å². The Balaban J connectivity index is 1.39. The van der Waals surface area contributed by atoms with Crippen LogP contribution in [0.4, 0.5) is 0 Å². The van der Waals surface area contributed by atoms with Crippen molar-refractivity contribution < 1.29 is 14.1 Å². The number of hydrogen-bond acceptors (Lipinski definition) is 6. The molecule has 8 nitrogen and oxygen atoms in total. The van der Waals surface area contributed by atoms with Crippen LogP contribution in [0, 0.1) is 11.3 Å². The van der Waals surface area contributed by atoms with Crippen LogP contribution < -0.4 is 5.32 Å². The van der Waals surface area contributed by atoms with E-state index in [2.05, 4.69) is 25.3 Å². The Morgan fingerprint density at radius 3 is 2.96 bits per heavy atom. The molecule has 1 spiro atoms. The Morgan fingerprint density at radius 1 is 1.35 bits per heavy atom. The number of hydrogen-bond donors (Lipinski definition) is 1. The summed E-state index contributed by atoms with van der Waals surface area (Å²) in [6.07, 6.45) is 6.47. The number of nitrogens with one attached hydrogen (secondary N) is 1. The zero-order chi connectivity index (χ0) is 18.1. The summed E-state index contributed by atoms with van der Waals surface area (Å²) < 4.78 is 5.24. The monoisotopic (exact) mass is 361 g/mol. The summed E-state index contributed by atoms with van der Waals surface area (Å²) in [6, 6.07) is 0. The van der Waals surface area contributed by atoms with Gasteiger partial charge < -0.3 is 14.7 Å². The van der Waals surface area contributed by atoms with Gasteiger partial charge in [0.05, 0.1) is 6.54 Å². The van der Waals surface area contributed by atoms with E-state index in [0.717, 1.165) is 44.9 Å². The molecular formula is C18H27N5O3. The minimum Gasteiger partial charge on any atom is -0.352 e. The average Bonchev–Trinajstić information content (AvgIpc) is 3.33. The Hall–Kier alpha value is -1.96. The topological polar surface area (TPSA) is 91.6 Å². The summed E-state index contributed by atoms with van der Waals surface area (Å²) in [5.41, 5.74) is 0.185. The number of carbonyl (C=O) groups excluding carboxylic acids is 2. The third-order valence-corrected chi connectivity index (χ3v) is 5.92. The van der Waals surface area contributed by atoms with Gasteiger partial charge in [0, 0.05) is 38.5 Å². The van der Waals surface area contributed by atoms with Crippen LogP contribution in [0.5, 0.6) is 0 Å². The first kappa shape index (κ1) is 17.5. The molecule has 0 unspecified atom stereocenters. The van der Waals surface area contributed by atoms with Gasteiger partial charge in [-0.1, -0.05) is 5.16 Å². The van der Waals surface area contributed by atoms with E-state index in [0.29, 0.717) is 24.8 Å². The summed E-state index contributed by atoms with van der Waals surface area (Å²) in [6.45, 7) is 4.31. The minimum atomic E-state index is -0.336. The summed E-state index contributed by atoms with van der Waals surface area (Å²) in [5.74, 6) is 1.27. The molecule has 1 atom stereocenters. The molecule has 2 saturated heterocycles. The SMILES string of the molecule is CNC(=O)c1noc(CN2CCC[C@@]3(CCC(=O)N(CC4CC4)C3)C2)n1. The number of piperidine rings is 2. The average molecular weight is 361 g/mol. The number of likely N-dealkylation sites (tertiary alicyclic amines) is 2. The van der Waals surface area contributed by atoms with Crippen LogP contribution in [0.3, 0.4) is 0 Å². The predicted octanol–water partition coefficient (Wildman–Crippen LogP) is 1.04. The maximum Gasteiger partial charge on any atom is 0.292 e. The predicted molar refractivity (Wildman–Crippen MR) is 93.2 cm³/mol. The zero-order valence-electron chi connectivity index (χ0n) is 15.4. The molecule has 1 saturated carbocycles. The molecule has 1 aliphatic carbocycles. The van der Waals surface area contributed by atoms with Crippen molar-refractivity contribution in [2.75, 3.05) is 33.2 Å². The highest BCUT2D eigenvalue weighted by molar-refractivity contribution is 5.89. The molecule has 0 aromatic carbocycles. The summed E-state index contributed by atoms with van der Waals surface area (Å²) in [7, 11) is 1.55. The van der Waals surface area contributed by atoms with Crippen molar-refractivity contribution in [1.29, 1.82) is 0 Å². The van der Waals surface area contributed by atoms with Crippen LogP contribution in [0.15, 0.2) is 4.52 Å². The molecule has 0 bridgehead atoms. The van der Waals surface area contributed by atoms with E-state index in [9.17, 15) is 9.59 Å². The molecule has 8 heteroatoms. The largest absolute Gasteiger partial charge is 0.352 e. The lowest BCUT2D eigenvalue weighted by Gasteiger charge is -2.48. The zero-order valence-corrected chi connectivity index (χ0v) is 15.4. The maximum atomic E-state index is 12.3. The maximum absolute atomic E-state index is 12.3.